The maximum Gasteiger partial charge on any atom is 0.0678 e. The van der Waals surface area contributed by atoms with Crippen LogP contribution in [-0.4, -0.2) is 36.7 Å². The molecule has 0 aromatic heterocycles. The fraction of sp³-hybridized carbons (Fsp3) is 0.571. The van der Waals surface area contributed by atoms with Crippen molar-refractivity contribution in [3.8, 4) is 0 Å². The molecular weight excluding hydrogens is 283 g/mol. The first-order valence-corrected chi connectivity index (χ1v) is 7.30. The maximum absolute atomic E-state index is 6.08. The molecule has 3 nitrogen and oxygen atoms in total. The van der Waals surface area contributed by atoms with E-state index in [0.717, 1.165) is 18.7 Å². The largest absolute Gasteiger partial charge is 0.373 e. The van der Waals surface area contributed by atoms with Gasteiger partial charge in [-0.15, -0.1) is 0 Å². The first-order chi connectivity index (χ1) is 8.99. The predicted molar refractivity (Wildman–Crippen MR) is 79.8 cm³/mol. The SMILES string of the molecule is C[C@@H]1CN([C@H](CN)c2cc(Cl)cc(Cl)c2)C[C@@H](C)O1. The van der Waals surface area contributed by atoms with Crippen LogP contribution in [0.1, 0.15) is 25.5 Å². The lowest BCUT2D eigenvalue weighted by molar-refractivity contribution is -0.0799. The van der Waals surface area contributed by atoms with E-state index >= 15 is 0 Å². The van der Waals surface area contributed by atoms with Gasteiger partial charge in [-0.1, -0.05) is 23.2 Å². The highest BCUT2D eigenvalue weighted by molar-refractivity contribution is 6.34. The number of nitrogens with zero attached hydrogens (tertiary/aromatic N) is 1. The highest BCUT2D eigenvalue weighted by Gasteiger charge is 2.28. The molecule has 19 heavy (non-hydrogen) atoms. The van der Waals surface area contributed by atoms with Gasteiger partial charge in [-0.05, 0) is 37.6 Å². The van der Waals surface area contributed by atoms with Crippen LogP contribution in [0.3, 0.4) is 0 Å². The molecule has 0 bridgehead atoms. The average molecular weight is 303 g/mol. The van der Waals surface area contributed by atoms with Gasteiger partial charge in [-0.2, -0.15) is 0 Å². The molecule has 0 spiro atoms. The summed E-state index contributed by atoms with van der Waals surface area (Å²) < 4.78 is 5.76. The average Bonchev–Trinajstić information content (AvgIpc) is 2.27. The third-order valence-electron chi connectivity index (χ3n) is 3.38. The summed E-state index contributed by atoms with van der Waals surface area (Å²) in [5, 5.41) is 1.30. The Balaban J connectivity index is 2.23. The highest BCUT2D eigenvalue weighted by atomic mass is 35.5. The standard InChI is InChI=1S/C14H20Cl2N2O/c1-9-7-18(8-10(2)19-9)14(6-17)11-3-12(15)5-13(16)4-11/h3-5,9-10,14H,6-8,17H2,1-2H3/t9-,10-,14-/m1/s1. The molecular formula is C14H20Cl2N2O. The Kier molecular flexibility index (Phi) is 5.09. The summed E-state index contributed by atoms with van der Waals surface area (Å²) in [6.45, 7) is 6.45. The van der Waals surface area contributed by atoms with Crippen molar-refractivity contribution in [2.24, 2.45) is 5.73 Å². The van der Waals surface area contributed by atoms with Crippen LogP contribution < -0.4 is 5.73 Å². The molecule has 2 rings (SSSR count). The fourth-order valence-electron chi connectivity index (χ4n) is 2.74. The quantitative estimate of drug-likeness (QED) is 0.932. The van der Waals surface area contributed by atoms with Crippen molar-refractivity contribution >= 4 is 23.2 Å². The molecule has 0 saturated carbocycles. The maximum atomic E-state index is 6.08. The second-order valence-corrected chi connectivity index (χ2v) is 6.04. The monoisotopic (exact) mass is 302 g/mol. The molecule has 1 fully saturated rings. The van der Waals surface area contributed by atoms with E-state index in [1.54, 1.807) is 6.07 Å². The lowest BCUT2D eigenvalue weighted by Gasteiger charge is -2.40. The van der Waals surface area contributed by atoms with Crippen molar-refractivity contribution in [2.75, 3.05) is 19.6 Å². The lowest BCUT2D eigenvalue weighted by atomic mass is 10.0. The van der Waals surface area contributed by atoms with Crippen molar-refractivity contribution in [1.29, 1.82) is 0 Å². The van der Waals surface area contributed by atoms with Crippen molar-refractivity contribution in [2.45, 2.75) is 32.1 Å². The smallest absolute Gasteiger partial charge is 0.0678 e. The summed E-state index contributed by atoms with van der Waals surface area (Å²) >= 11 is 12.2. The van der Waals surface area contributed by atoms with Crippen LogP contribution >= 0.6 is 23.2 Å². The van der Waals surface area contributed by atoms with Crippen molar-refractivity contribution in [3.63, 3.8) is 0 Å². The normalized spacial score (nSPS) is 26.4. The third kappa shape index (κ3) is 3.83. The highest BCUT2D eigenvalue weighted by Crippen LogP contribution is 2.28. The van der Waals surface area contributed by atoms with Gasteiger partial charge in [0.15, 0.2) is 0 Å². The molecule has 1 aromatic rings. The summed E-state index contributed by atoms with van der Waals surface area (Å²) in [6, 6.07) is 5.75. The van der Waals surface area contributed by atoms with Gasteiger partial charge >= 0.3 is 0 Å². The van der Waals surface area contributed by atoms with E-state index in [9.17, 15) is 0 Å². The number of nitrogens with two attached hydrogens (primary N) is 1. The van der Waals surface area contributed by atoms with Gasteiger partial charge in [0.2, 0.25) is 0 Å². The van der Waals surface area contributed by atoms with Gasteiger partial charge in [0.1, 0.15) is 0 Å². The zero-order valence-electron chi connectivity index (χ0n) is 11.3. The fourth-order valence-corrected chi connectivity index (χ4v) is 3.28. The molecule has 0 unspecified atom stereocenters. The topological polar surface area (TPSA) is 38.5 Å². The molecule has 106 valence electrons. The lowest BCUT2D eigenvalue weighted by Crippen LogP contribution is -2.48. The van der Waals surface area contributed by atoms with Crippen molar-refractivity contribution in [1.82, 2.24) is 4.90 Å². The van der Waals surface area contributed by atoms with Crippen LogP contribution in [0.5, 0.6) is 0 Å². The van der Waals surface area contributed by atoms with Crippen LogP contribution in [0, 0.1) is 0 Å². The Morgan fingerprint density at radius 2 is 1.74 bits per heavy atom. The predicted octanol–water partition coefficient (Wildman–Crippen LogP) is 3.10. The Morgan fingerprint density at radius 3 is 2.21 bits per heavy atom. The molecule has 1 aliphatic heterocycles. The molecule has 2 N–H and O–H groups in total. The zero-order valence-corrected chi connectivity index (χ0v) is 12.8. The minimum atomic E-state index is 0.130. The van der Waals surface area contributed by atoms with Gasteiger partial charge in [0, 0.05) is 35.7 Å². The Morgan fingerprint density at radius 1 is 1.21 bits per heavy atom. The number of hydrogen-bond donors (Lipinski definition) is 1. The van der Waals surface area contributed by atoms with Gasteiger partial charge in [-0.3, -0.25) is 4.90 Å². The zero-order chi connectivity index (χ0) is 14.0. The van der Waals surface area contributed by atoms with Gasteiger partial charge in [0.25, 0.3) is 0 Å². The minimum Gasteiger partial charge on any atom is -0.373 e. The van der Waals surface area contributed by atoms with Gasteiger partial charge in [0.05, 0.1) is 12.2 Å². The van der Waals surface area contributed by atoms with E-state index in [1.165, 1.54) is 0 Å². The Hall–Kier alpha value is -0.320. The molecule has 0 aliphatic carbocycles. The number of benzene rings is 1. The van der Waals surface area contributed by atoms with E-state index in [-0.39, 0.29) is 18.2 Å². The number of ether oxygens (including phenoxy) is 1. The van der Waals surface area contributed by atoms with Crippen LogP contribution in [0.15, 0.2) is 18.2 Å². The van der Waals surface area contributed by atoms with Crippen LogP contribution in [0.25, 0.3) is 0 Å². The van der Waals surface area contributed by atoms with Crippen LogP contribution in [-0.2, 0) is 4.74 Å². The van der Waals surface area contributed by atoms with E-state index in [1.807, 2.05) is 12.1 Å². The molecule has 0 amide bonds. The van der Waals surface area contributed by atoms with Gasteiger partial charge < -0.3 is 10.5 Å². The number of halogens is 2. The number of hydrogen-bond acceptors (Lipinski definition) is 3. The summed E-state index contributed by atoms with van der Waals surface area (Å²) in [5.41, 5.74) is 7.03. The number of morpholine rings is 1. The van der Waals surface area contributed by atoms with E-state index in [2.05, 4.69) is 18.7 Å². The summed E-state index contributed by atoms with van der Waals surface area (Å²) in [5.74, 6) is 0. The molecule has 1 aromatic carbocycles. The van der Waals surface area contributed by atoms with Gasteiger partial charge in [-0.25, -0.2) is 0 Å². The van der Waals surface area contributed by atoms with Crippen LogP contribution in [0.2, 0.25) is 10.0 Å². The third-order valence-corrected chi connectivity index (χ3v) is 3.82. The van der Waals surface area contributed by atoms with E-state index in [4.69, 9.17) is 33.7 Å². The molecule has 1 aliphatic rings. The second kappa shape index (κ2) is 6.42. The second-order valence-electron chi connectivity index (χ2n) is 5.17. The number of rotatable bonds is 3. The molecule has 3 atom stereocenters. The summed E-state index contributed by atoms with van der Waals surface area (Å²) in [4.78, 5) is 2.35. The summed E-state index contributed by atoms with van der Waals surface area (Å²) in [7, 11) is 0. The molecule has 0 radical (unpaired) electrons. The van der Waals surface area contributed by atoms with Crippen molar-refractivity contribution < 1.29 is 4.74 Å². The first kappa shape index (κ1) is 15.1. The molecule has 1 saturated heterocycles. The van der Waals surface area contributed by atoms with E-state index < -0.39 is 0 Å². The molecule has 5 heteroatoms. The minimum absolute atomic E-state index is 0.130. The summed E-state index contributed by atoms with van der Waals surface area (Å²) in [6.07, 6.45) is 0.430. The van der Waals surface area contributed by atoms with E-state index in [0.29, 0.717) is 16.6 Å². The Labute approximate surface area is 124 Å². The Bertz CT molecular complexity index is 411. The van der Waals surface area contributed by atoms with Crippen molar-refractivity contribution in [3.05, 3.63) is 33.8 Å². The van der Waals surface area contributed by atoms with Crippen LogP contribution in [0.4, 0.5) is 0 Å². The molecule has 1 heterocycles. The first-order valence-electron chi connectivity index (χ1n) is 6.55.